The molecule has 0 aliphatic carbocycles. The summed E-state index contributed by atoms with van der Waals surface area (Å²) in [4.78, 5) is 0. The topological polar surface area (TPSA) is 26.0 Å². The molecular formula is C15H15BrFN. The molecule has 2 N–H and O–H groups in total. The third-order valence-corrected chi connectivity index (χ3v) is 3.62. The van der Waals surface area contributed by atoms with Crippen LogP contribution in [0.5, 0.6) is 0 Å². The van der Waals surface area contributed by atoms with Gasteiger partial charge in [-0.1, -0.05) is 51.8 Å². The van der Waals surface area contributed by atoms with Crippen molar-refractivity contribution in [1.29, 1.82) is 0 Å². The molecule has 1 nitrogen and oxygen atoms in total. The van der Waals surface area contributed by atoms with Gasteiger partial charge in [0.2, 0.25) is 0 Å². The standard InChI is InChI=1S/C15H15BrFN/c1-10-2-4-11(5-3-10)8-15(18)13-7-6-12(17)9-14(13)16/h2-7,9,15H,8,18H2,1H3. The molecular weight excluding hydrogens is 293 g/mol. The molecule has 2 aromatic carbocycles. The zero-order chi connectivity index (χ0) is 13.1. The lowest BCUT2D eigenvalue weighted by Crippen LogP contribution is -2.14. The maximum Gasteiger partial charge on any atom is 0.124 e. The average molecular weight is 308 g/mol. The van der Waals surface area contributed by atoms with Gasteiger partial charge in [-0.2, -0.15) is 0 Å². The zero-order valence-electron chi connectivity index (χ0n) is 10.2. The number of hydrogen-bond acceptors (Lipinski definition) is 1. The molecule has 0 spiro atoms. The fourth-order valence-corrected chi connectivity index (χ4v) is 2.54. The summed E-state index contributed by atoms with van der Waals surface area (Å²) in [7, 11) is 0. The van der Waals surface area contributed by atoms with Gasteiger partial charge in [-0.05, 0) is 36.6 Å². The van der Waals surface area contributed by atoms with Crippen LogP contribution in [0, 0.1) is 12.7 Å². The molecule has 0 aliphatic rings. The number of rotatable bonds is 3. The van der Waals surface area contributed by atoms with E-state index in [0.717, 1.165) is 16.5 Å². The highest BCUT2D eigenvalue weighted by atomic mass is 79.9. The van der Waals surface area contributed by atoms with Gasteiger partial charge in [0.15, 0.2) is 0 Å². The Bertz CT molecular complexity index is 537. The van der Waals surface area contributed by atoms with Gasteiger partial charge in [-0.3, -0.25) is 0 Å². The third kappa shape index (κ3) is 3.18. The summed E-state index contributed by atoms with van der Waals surface area (Å²) in [6.07, 6.45) is 0.741. The Morgan fingerprint density at radius 1 is 1.17 bits per heavy atom. The van der Waals surface area contributed by atoms with Crippen molar-refractivity contribution in [3.63, 3.8) is 0 Å². The van der Waals surface area contributed by atoms with E-state index in [9.17, 15) is 4.39 Å². The molecule has 1 unspecified atom stereocenters. The van der Waals surface area contributed by atoms with Crippen LogP contribution in [0.4, 0.5) is 4.39 Å². The summed E-state index contributed by atoms with van der Waals surface area (Å²) in [5.74, 6) is -0.256. The van der Waals surface area contributed by atoms with Crippen LogP contribution in [0.1, 0.15) is 22.7 Å². The first-order chi connectivity index (χ1) is 8.56. The lowest BCUT2D eigenvalue weighted by Gasteiger charge is -2.14. The lowest BCUT2D eigenvalue weighted by molar-refractivity contribution is 0.623. The van der Waals surface area contributed by atoms with Crippen molar-refractivity contribution in [2.24, 2.45) is 5.73 Å². The maximum atomic E-state index is 13.0. The summed E-state index contributed by atoms with van der Waals surface area (Å²) >= 11 is 3.35. The van der Waals surface area contributed by atoms with Gasteiger partial charge in [-0.25, -0.2) is 4.39 Å². The number of aryl methyl sites for hydroxylation is 1. The van der Waals surface area contributed by atoms with Crippen LogP contribution in [-0.4, -0.2) is 0 Å². The number of benzene rings is 2. The first kappa shape index (κ1) is 13.2. The molecule has 0 amide bonds. The number of halogens is 2. The summed E-state index contributed by atoms with van der Waals surface area (Å²) in [6, 6.07) is 12.8. The lowest BCUT2D eigenvalue weighted by atomic mass is 9.99. The highest BCUT2D eigenvalue weighted by Gasteiger charge is 2.11. The van der Waals surface area contributed by atoms with Crippen LogP contribution in [0.2, 0.25) is 0 Å². The highest BCUT2D eigenvalue weighted by Crippen LogP contribution is 2.25. The Kier molecular flexibility index (Phi) is 4.15. The molecule has 3 heteroatoms. The third-order valence-electron chi connectivity index (χ3n) is 2.94. The van der Waals surface area contributed by atoms with Crippen LogP contribution in [0.3, 0.4) is 0 Å². The van der Waals surface area contributed by atoms with E-state index >= 15 is 0 Å². The van der Waals surface area contributed by atoms with E-state index in [1.54, 1.807) is 6.07 Å². The van der Waals surface area contributed by atoms with E-state index in [2.05, 4.69) is 47.1 Å². The van der Waals surface area contributed by atoms with Crippen LogP contribution >= 0.6 is 15.9 Å². The van der Waals surface area contributed by atoms with Crippen LogP contribution < -0.4 is 5.73 Å². The van der Waals surface area contributed by atoms with Gasteiger partial charge < -0.3 is 5.73 Å². The molecule has 0 bridgehead atoms. The average Bonchev–Trinajstić information content (AvgIpc) is 2.32. The van der Waals surface area contributed by atoms with Crippen molar-refractivity contribution in [3.8, 4) is 0 Å². The van der Waals surface area contributed by atoms with Crippen molar-refractivity contribution in [2.45, 2.75) is 19.4 Å². The summed E-state index contributed by atoms with van der Waals surface area (Å²) in [5.41, 5.74) is 9.51. The van der Waals surface area contributed by atoms with Crippen molar-refractivity contribution >= 4 is 15.9 Å². The molecule has 0 heterocycles. The van der Waals surface area contributed by atoms with Gasteiger partial charge in [0.1, 0.15) is 5.82 Å². The quantitative estimate of drug-likeness (QED) is 0.906. The largest absolute Gasteiger partial charge is 0.324 e. The van der Waals surface area contributed by atoms with Gasteiger partial charge in [-0.15, -0.1) is 0 Å². The molecule has 94 valence electrons. The molecule has 0 saturated heterocycles. The number of hydrogen-bond donors (Lipinski definition) is 1. The molecule has 18 heavy (non-hydrogen) atoms. The molecule has 0 fully saturated rings. The van der Waals surface area contributed by atoms with E-state index in [1.165, 1.54) is 23.3 Å². The van der Waals surface area contributed by atoms with Crippen LogP contribution in [-0.2, 0) is 6.42 Å². The second-order valence-corrected chi connectivity index (χ2v) is 5.32. The monoisotopic (exact) mass is 307 g/mol. The minimum Gasteiger partial charge on any atom is -0.324 e. The Morgan fingerprint density at radius 3 is 2.44 bits per heavy atom. The molecule has 0 aliphatic heterocycles. The summed E-state index contributed by atoms with van der Waals surface area (Å²) in [6.45, 7) is 2.06. The van der Waals surface area contributed by atoms with E-state index in [-0.39, 0.29) is 11.9 Å². The first-order valence-electron chi connectivity index (χ1n) is 5.82. The van der Waals surface area contributed by atoms with Gasteiger partial charge in [0.25, 0.3) is 0 Å². The maximum absolute atomic E-state index is 13.0. The van der Waals surface area contributed by atoms with Gasteiger partial charge in [0, 0.05) is 10.5 Å². The van der Waals surface area contributed by atoms with Gasteiger partial charge >= 0.3 is 0 Å². The normalized spacial score (nSPS) is 12.4. The molecule has 0 aromatic heterocycles. The van der Waals surface area contributed by atoms with Crippen molar-refractivity contribution in [2.75, 3.05) is 0 Å². The van der Waals surface area contributed by atoms with E-state index in [0.29, 0.717) is 0 Å². The molecule has 2 rings (SSSR count). The van der Waals surface area contributed by atoms with Crippen molar-refractivity contribution in [3.05, 3.63) is 69.4 Å². The van der Waals surface area contributed by atoms with E-state index in [4.69, 9.17) is 5.73 Å². The molecule has 0 radical (unpaired) electrons. The minimum absolute atomic E-state index is 0.136. The molecule has 1 atom stereocenters. The van der Waals surface area contributed by atoms with Gasteiger partial charge in [0.05, 0.1) is 0 Å². The Labute approximate surface area is 115 Å². The molecule has 0 saturated carbocycles. The van der Waals surface area contributed by atoms with Crippen molar-refractivity contribution < 1.29 is 4.39 Å². The fraction of sp³-hybridized carbons (Fsp3) is 0.200. The Balaban J connectivity index is 2.16. The predicted octanol–water partition coefficient (Wildman–Crippen LogP) is 4.14. The Hall–Kier alpha value is -1.19. The fourth-order valence-electron chi connectivity index (χ4n) is 1.89. The predicted molar refractivity (Wildman–Crippen MR) is 75.9 cm³/mol. The summed E-state index contributed by atoms with van der Waals surface area (Å²) < 4.78 is 13.7. The van der Waals surface area contributed by atoms with E-state index < -0.39 is 0 Å². The van der Waals surface area contributed by atoms with Crippen LogP contribution in [0.15, 0.2) is 46.9 Å². The smallest absolute Gasteiger partial charge is 0.124 e. The number of nitrogens with two attached hydrogens (primary N) is 1. The first-order valence-corrected chi connectivity index (χ1v) is 6.61. The zero-order valence-corrected chi connectivity index (χ0v) is 11.7. The summed E-state index contributed by atoms with van der Waals surface area (Å²) in [5, 5.41) is 0. The molecule has 2 aromatic rings. The minimum atomic E-state index is -0.256. The van der Waals surface area contributed by atoms with Crippen molar-refractivity contribution in [1.82, 2.24) is 0 Å². The van der Waals surface area contributed by atoms with Crippen LogP contribution in [0.25, 0.3) is 0 Å². The SMILES string of the molecule is Cc1ccc(CC(N)c2ccc(F)cc2Br)cc1. The van der Waals surface area contributed by atoms with E-state index in [1.807, 2.05) is 0 Å². The second-order valence-electron chi connectivity index (χ2n) is 4.46. The highest BCUT2D eigenvalue weighted by molar-refractivity contribution is 9.10. The second kappa shape index (κ2) is 5.63. The Morgan fingerprint density at radius 2 is 1.83 bits per heavy atom.